The van der Waals surface area contributed by atoms with Gasteiger partial charge in [0.2, 0.25) is 0 Å². The van der Waals surface area contributed by atoms with E-state index in [1.807, 2.05) is 14.1 Å². The van der Waals surface area contributed by atoms with Crippen LogP contribution in [0.1, 0.15) is 9.67 Å². The number of nitrogens with zero attached hydrogens (tertiary/aromatic N) is 2. The Morgan fingerprint density at radius 2 is 2.14 bits per heavy atom. The highest BCUT2D eigenvalue weighted by atomic mass is 79.9. The first-order chi connectivity index (χ1) is 9.90. The number of amides is 1. The topological polar surface area (TPSA) is 80.5 Å². The van der Waals surface area contributed by atoms with Crippen molar-refractivity contribution in [1.29, 1.82) is 0 Å². The number of nitrogens with two attached hydrogens (primary N) is 1. The van der Waals surface area contributed by atoms with Crippen LogP contribution < -0.4 is 20.7 Å². The van der Waals surface area contributed by atoms with Crippen LogP contribution in [0.4, 0.5) is 16.6 Å². The summed E-state index contributed by atoms with van der Waals surface area (Å²) in [6.45, 7) is 0. The van der Waals surface area contributed by atoms with E-state index in [4.69, 9.17) is 10.5 Å². The van der Waals surface area contributed by atoms with Crippen LogP contribution in [0.25, 0.3) is 0 Å². The zero-order chi connectivity index (χ0) is 15.6. The molecule has 0 spiro atoms. The number of nitrogen functional groups attached to an aromatic ring is 1. The highest BCUT2D eigenvalue weighted by molar-refractivity contribution is 9.10. The van der Waals surface area contributed by atoms with Crippen molar-refractivity contribution in [3.63, 3.8) is 0 Å². The molecule has 0 fully saturated rings. The predicted molar refractivity (Wildman–Crippen MR) is 89.5 cm³/mol. The number of hydrogen-bond acceptors (Lipinski definition) is 6. The van der Waals surface area contributed by atoms with E-state index in [1.54, 1.807) is 30.2 Å². The third kappa shape index (κ3) is 3.64. The molecule has 0 bridgehead atoms. The van der Waals surface area contributed by atoms with E-state index >= 15 is 0 Å². The zero-order valence-corrected chi connectivity index (χ0v) is 14.2. The summed E-state index contributed by atoms with van der Waals surface area (Å²) in [7, 11) is 5.26. The molecule has 1 heterocycles. The lowest BCUT2D eigenvalue weighted by atomic mass is 10.3. The van der Waals surface area contributed by atoms with E-state index in [9.17, 15) is 4.79 Å². The Bertz CT molecular complexity index is 672. The fourth-order valence-electron chi connectivity index (χ4n) is 1.61. The summed E-state index contributed by atoms with van der Waals surface area (Å²) in [5.41, 5.74) is 6.41. The van der Waals surface area contributed by atoms with Crippen molar-refractivity contribution in [2.75, 3.05) is 37.2 Å². The molecular formula is C13H15BrN4O2S. The summed E-state index contributed by atoms with van der Waals surface area (Å²) >= 11 is 4.61. The van der Waals surface area contributed by atoms with E-state index < -0.39 is 0 Å². The third-order valence-electron chi connectivity index (χ3n) is 2.60. The van der Waals surface area contributed by atoms with E-state index in [1.165, 1.54) is 11.3 Å². The Morgan fingerprint density at radius 1 is 1.43 bits per heavy atom. The molecule has 1 aromatic carbocycles. The fourth-order valence-corrected chi connectivity index (χ4v) is 2.89. The maximum absolute atomic E-state index is 12.3. The minimum Gasteiger partial charge on any atom is -0.497 e. The summed E-state index contributed by atoms with van der Waals surface area (Å²) in [4.78, 5) is 18.6. The molecule has 2 rings (SSSR count). The van der Waals surface area contributed by atoms with Crippen molar-refractivity contribution < 1.29 is 9.53 Å². The number of ether oxygens (including phenoxy) is 1. The molecular weight excluding hydrogens is 356 g/mol. The number of thiazole rings is 1. The van der Waals surface area contributed by atoms with Crippen LogP contribution in [0.2, 0.25) is 0 Å². The average molecular weight is 371 g/mol. The van der Waals surface area contributed by atoms with Gasteiger partial charge in [-0.2, -0.15) is 0 Å². The van der Waals surface area contributed by atoms with E-state index in [0.717, 1.165) is 4.47 Å². The molecule has 0 atom stereocenters. The molecule has 0 unspecified atom stereocenters. The summed E-state index contributed by atoms with van der Waals surface area (Å²) in [6.07, 6.45) is 0. The molecule has 0 saturated heterocycles. The predicted octanol–water partition coefficient (Wildman–Crippen LogP) is 2.81. The molecule has 0 aliphatic heterocycles. The largest absolute Gasteiger partial charge is 0.497 e. The number of benzene rings is 1. The van der Waals surface area contributed by atoms with Gasteiger partial charge in [-0.1, -0.05) is 27.3 Å². The van der Waals surface area contributed by atoms with Gasteiger partial charge in [-0.15, -0.1) is 0 Å². The number of anilines is 3. The minimum absolute atomic E-state index is 0.225. The lowest BCUT2D eigenvalue weighted by Gasteiger charge is -2.07. The van der Waals surface area contributed by atoms with Gasteiger partial charge in [0.1, 0.15) is 16.4 Å². The smallest absolute Gasteiger partial charge is 0.269 e. The second-order valence-electron chi connectivity index (χ2n) is 4.44. The first kappa shape index (κ1) is 15.6. The molecule has 112 valence electrons. The summed E-state index contributed by atoms with van der Waals surface area (Å²) in [5.74, 6) is 0.576. The quantitative estimate of drug-likeness (QED) is 0.864. The number of aromatic nitrogens is 1. The third-order valence-corrected chi connectivity index (χ3v) is 4.29. The van der Waals surface area contributed by atoms with Crippen LogP contribution in [0.5, 0.6) is 5.75 Å². The number of carbonyl (C=O) groups excluding carboxylic acids is 1. The first-order valence-electron chi connectivity index (χ1n) is 6.00. The summed E-state index contributed by atoms with van der Waals surface area (Å²) in [6, 6.07) is 5.32. The molecule has 1 aromatic heterocycles. The average Bonchev–Trinajstić information content (AvgIpc) is 2.80. The van der Waals surface area contributed by atoms with Crippen molar-refractivity contribution >= 4 is 49.8 Å². The zero-order valence-electron chi connectivity index (χ0n) is 11.8. The van der Waals surface area contributed by atoms with Crippen LogP contribution in [0.3, 0.4) is 0 Å². The molecule has 1 amide bonds. The standard InChI is InChI=1S/C13H15BrN4O2S/c1-18(2)13-17-11(15)10(21-13)12(19)16-8-4-7(14)5-9(6-8)20-3/h4-6H,15H2,1-3H3,(H,16,19). The molecule has 21 heavy (non-hydrogen) atoms. The highest BCUT2D eigenvalue weighted by Gasteiger charge is 2.17. The Hall–Kier alpha value is -1.80. The molecule has 0 aliphatic rings. The number of nitrogens with one attached hydrogen (secondary N) is 1. The first-order valence-corrected chi connectivity index (χ1v) is 7.61. The molecule has 0 saturated carbocycles. The molecule has 0 radical (unpaired) electrons. The second kappa shape index (κ2) is 6.31. The fraction of sp³-hybridized carbons (Fsp3) is 0.231. The Labute approximate surface area is 135 Å². The van der Waals surface area contributed by atoms with Crippen LogP contribution >= 0.6 is 27.3 Å². The maximum Gasteiger partial charge on any atom is 0.269 e. The Kier molecular flexibility index (Phi) is 4.69. The number of halogens is 1. The normalized spacial score (nSPS) is 10.3. The van der Waals surface area contributed by atoms with Gasteiger partial charge in [-0.3, -0.25) is 4.79 Å². The summed E-state index contributed by atoms with van der Waals surface area (Å²) in [5, 5.41) is 3.47. The molecule has 3 N–H and O–H groups in total. The Balaban J connectivity index is 2.23. The lowest BCUT2D eigenvalue weighted by molar-refractivity contribution is 0.103. The number of hydrogen-bond donors (Lipinski definition) is 2. The maximum atomic E-state index is 12.3. The number of methoxy groups -OCH3 is 1. The van der Waals surface area contributed by atoms with E-state index in [0.29, 0.717) is 21.4 Å². The van der Waals surface area contributed by atoms with Gasteiger partial charge >= 0.3 is 0 Å². The number of rotatable bonds is 4. The van der Waals surface area contributed by atoms with Gasteiger partial charge in [-0.05, 0) is 12.1 Å². The van der Waals surface area contributed by atoms with Crippen molar-refractivity contribution in [3.05, 3.63) is 27.5 Å². The second-order valence-corrected chi connectivity index (χ2v) is 6.33. The van der Waals surface area contributed by atoms with Crippen LogP contribution in [-0.2, 0) is 0 Å². The van der Waals surface area contributed by atoms with Crippen molar-refractivity contribution in [3.8, 4) is 5.75 Å². The minimum atomic E-state index is -0.293. The Morgan fingerprint density at radius 3 is 2.71 bits per heavy atom. The molecule has 0 aliphatic carbocycles. The van der Waals surface area contributed by atoms with Crippen LogP contribution in [0, 0.1) is 0 Å². The van der Waals surface area contributed by atoms with Gasteiger partial charge in [0.15, 0.2) is 5.13 Å². The highest BCUT2D eigenvalue weighted by Crippen LogP contribution is 2.29. The van der Waals surface area contributed by atoms with Crippen LogP contribution in [0.15, 0.2) is 22.7 Å². The van der Waals surface area contributed by atoms with Crippen LogP contribution in [-0.4, -0.2) is 32.1 Å². The molecule has 6 nitrogen and oxygen atoms in total. The van der Waals surface area contributed by atoms with E-state index in [2.05, 4.69) is 26.2 Å². The van der Waals surface area contributed by atoms with Crippen molar-refractivity contribution in [2.45, 2.75) is 0 Å². The monoisotopic (exact) mass is 370 g/mol. The van der Waals surface area contributed by atoms with Crippen molar-refractivity contribution in [1.82, 2.24) is 4.98 Å². The van der Waals surface area contributed by atoms with Gasteiger partial charge in [0, 0.05) is 30.3 Å². The summed E-state index contributed by atoms with van der Waals surface area (Å²) < 4.78 is 5.97. The lowest BCUT2D eigenvalue weighted by Crippen LogP contribution is -2.12. The van der Waals surface area contributed by atoms with E-state index in [-0.39, 0.29) is 11.7 Å². The van der Waals surface area contributed by atoms with Gasteiger partial charge < -0.3 is 20.7 Å². The SMILES string of the molecule is COc1cc(Br)cc(NC(=O)c2sc(N(C)C)nc2N)c1. The van der Waals surface area contributed by atoms with Crippen molar-refractivity contribution in [2.24, 2.45) is 0 Å². The number of carbonyl (C=O) groups is 1. The van der Waals surface area contributed by atoms with Gasteiger partial charge in [0.05, 0.1) is 7.11 Å². The molecule has 2 aromatic rings. The van der Waals surface area contributed by atoms with Gasteiger partial charge in [-0.25, -0.2) is 4.98 Å². The van der Waals surface area contributed by atoms with Gasteiger partial charge in [0.25, 0.3) is 5.91 Å². The molecule has 8 heteroatoms.